The fourth-order valence-electron chi connectivity index (χ4n) is 4.03. The molecule has 3 aromatic rings. The largest absolute Gasteiger partial charge is 0.497 e. The quantitative estimate of drug-likeness (QED) is 0.565. The molecule has 0 aliphatic carbocycles. The number of carbonyl (C=O) groups excluding carboxylic acids is 2. The highest BCUT2D eigenvalue weighted by atomic mass is 32.3. The number of methoxy groups -OCH3 is 1. The predicted octanol–water partition coefficient (Wildman–Crippen LogP) is 3.96. The molecule has 2 heterocycles. The van der Waals surface area contributed by atoms with E-state index in [0.717, 1.165) is 11.6 Å². The van der Waals surface area contributed by atoms with Crippen molar-refractivity contribution in [2.24, 2.45) is 0 Å². The van der Waals surface area contributed by atoms with Crippen LogP contribution >= 0.6 is 10.0 Å². The highest BCUT2D eigenvalue weighted by molar-refractivity contribution is 8.32. The molecule has 0 spiro atoms. The molecular weight excluding hydrogens is 461 g/mol. The average molecular weight is 488 g/mol. The summed E-state index contributed by atoms with van der Waals surface area (Å²) in [5, 5.41) is 15.6. The van der Waals surface area contributed by atoms with E-state index >= 15 is 0 Å². The van der Waals surface area contributed by atoms with Crippen molar-refractivity contribution in [3.05, 3.63) is 65.2 Å². The van der Waals surface area contributed by atoms with Crippen molar-refractivity contribution in [2.45, 2.75) is 17.4 Å². The number of aromatic nitrogens is 1. The molecule has 4 rings (SSSR count). The standard InChI is InChI=1S/C24H26FN3O5S/c1-32-16-6-7-17-14(11-16)9-10-28(24(31)19-13-21(29)27-33-19)22(17)23(30)26-15-5-8-20(18(25)12-15)34(2,3)4/h5-8,11-13,22H,9-10H2,1-4H3,(H,26,30)(H,27,29)/t22-/m1/s1. The third kappa shape index (κ3) is 4.58. The van der Waals surface area contributed by atoms with Crippen molar-refractivity contribution < 1.29 is 28.3 Å². The van der Waals surface area contributed by atoms with E-state index in [1.54, 1.807) is 31.4 Å². The Morgan fingerprint density at radius 2 is 1.97 bits per heavy atom. The Kier molecular flexibility index (Phi) is 6.26. The van der Waals surface area contributed by atoms with Crippen molar-refractivity contribution in [1.82, 2.24) is 10.1 Å². The Balaban J connectivity index is 1.69. The molecule has 0 bridgehead atoms. The molecule has 1 aliphatic rings. The molecule has 8 nitrogen and oxygen atoms in total. The molecule has 0 saturated heterocycles. The summed E-state index contributed by atoms with van der Waals surface area (Å²) in [5.41, 5.74) is 1.78. The molecule has 1 aliphatic heterocycles. The number of nitrogens with zero attached hydrogens (tertiary/aromatic N) is 2. The maximum Gasteiger partial charge on any atom is 0.293 e. The SMILES string of the molecule is COc1ccc2c(c1)CCN(C(=O)c1cc(O)no1)[C@H]2C(=O)Nc1ccc(S(C)(C)C)c(F)c1. The first-order chi connectivity index (χ1) is 16.1. The molecule has 0 fully saturated rings. The van der Waals surface area contributed by atoms with E-state index in [1.807, 2.05) is 24.8 Å². The number of carbonyl (C=O) groups is 2. The number of hydrogen-bond acceptors (Lipinski definition) is 6. The van der Waals surface area contributed by atoms with Gasteiger partial charge in [-0.3, -0.25) is 9.59 Å². The number of aromatic hydroxyl groups is 1. The number of benzene rings is 2. The van der Waals surface area contributed by atoms with E-state index in [9.17, 15) is 19.1 Å². The van der Waals surface area contributed by atoms with Gasteiger partial charge in [-0.05, 0) is 71.8 Å². The number of hydrogen-bond donors (Lipinski definition) is 2. The smallest absolute Gasteiger partial charge is 0.293 e. The number of fused-ring (bicyclic) bond motifs is 1. The summed E-state index contributed by atoms with van der Waals surface area (Å²) in [5.74, 6) is -1.45. The third-order valence-corrected chi connectivity index (χ3v) is 7.31. The fraction of sp³-hybridized carbons (Fsp3) is 0.292. The summed E-state index contributed by atoms with van der Waals surface area (Å²) in [6.45, 7) is 0.221. The van der Waals surface area contributed by atoms with Gasteiger partial charge < -0.3 is 24.6 Å². The maximum atomic E-state index is 14.7. The van der Waals surface area contributed by atoms with E-state index in [0.29, 0.717) is 28.3 Å². The van der Waals surface area contributed by atoms with Crippen LogP contribution in [-0.4, -0.2) is 59.4 Å². The van der Waals surface area contributed by atoms with Crippen molar-refractivity contribution in [3.8, 4) is 11.6 Å². The van der Waals surface area contributed by atoms with Crippen LogP contribution in [0.4, 0.5) is 10.1 Å². The van der Waals surface area contributed by atoms with Crippen LogP contribution in [-0.2, 0) is 11.2 Å². The number of anilines is 1. The zero-order valence-electron chi connectivity index (χ0n) is 19.3. The van der Waals surface area contributed by atoms with Crippen LogP contribution < -0.4 is 10.1 Å². The lowest BCUT2D eigenvalue weighted by Crippen LogP contribution is -2.45. The van der Waals surface area contributed by atoms with Gasteiger partial charge in [0.2, 0.25) is 5.76 Å². The average Bonchev–Trinajstić information content (AvgIpc) is 3.22. The van der Waals surface area contributed by atoms with Crippen LogP contribution in [0.5, 0.6) is 11.6 Å². The van der Waals surface area contributed by atoms with Crippen molar-refractivity contribution in [1.29, 1.82) is 0 Å². The van der Waals surface area contributed by atoms with Crippen LogP contribution in [0.15, 0.2) is 51.9 Å². The Morgan fingerprint density at radius 3 is 2.59 bits per heavy atom. The molecule has 2 aromatic carbocycles. The van der Waals surface area contributed by atoms with Gasteiger partial charge in [0.25, 0.3) is 17.7 Å². The summed E-state index contributed by atoms with van der Waals surface area (Å²) < 4.78 is 25.0. The Bertz CT molecular complexity index is 1250. The lowest BCUT2D eigenvalue weighted by atomic mass is 9.91. The maximum absolute atomic E-state index is 14.7. The van der Waals surface area contributed by atoms with Gasteiger partial charge in [0.1, 0.15) is 17.6 Å². The zero-order chi connectivity index (χ0) is 24.6. The second-order valence-corrected chi connectivity index (χ2v) is 12.9. The van der Waals surface area contributed by atoms with E-state index in [1.165, 1.54) is 11.0 Å². The summed E-state index contributed by atoms with van der Waals surface area (Å²) in [7, 11) is 0.270. The van der Waals surface area contributed by atoms with Crippen LogP contribution in [0, 0.1) is 5.82 Å². The minimum atomic E-state index is -1.28. The molecule has 180 valence electrons. The van der Waals surface area contributed by atoms with Crippen molar-refractivity contribution in [3.63, 3.8) is 0 Å². The van der Waals surface area contributed by atoms with Crippen molar-refractivity contribution in [2.75, 3.05) is 37.7 Å². The molecule has 2 amide bonds. The van der Waals surface area contributed by atoms with E-state index in [4.69, 9.17) is 9.26 Å². The van der Waals surface area contributed by atoms with Gasteiger partial charge in [-0.2, -0.15) is 0 Å². The molecule has 2 N–H and O–H groups in total. The molecule has 0 unspecified atom stereocenters. The number of rotatable bonds is 5. The fourth-order valence-corrected chi connectivity index (χ4v) is 5.15. The van der Waals surface area contributed by atoms with Gasteiger partial charge in [0.05, 0.1) is 13.2 Å². The van der Waals surface area contributed by atoms with Crippen molar-refractivity contribution >= 4 is 27.5 Å². The second kappa shape index (κ2) is 9.02. The minimum absolute atomic E-state index is 0.184. The Labute approximate surface area is 198 Å². The second-order valence-electron chi connectivity index (χ2n) is 8.74. The molecule has 34 heavy (non-hydrogen) atoms. The lowest BCUT2D eigenvalue weighted by molar-refractivity contribution is -0.121. The van der Waals surface area contributed by atoms with E-state index in [-0.39, 0.29) is 18.1 Å². The van der Waals surface area contributed by atoms with Gasteiger partial charge >= 0.3 is 0 Å². The third-order valence-electron chi connectivity index (χ3n) is 5.66. The van der Waals surface area contributed by atoms with Gasteiger partial charge in [-0.25, -0.2) is 14.4 Å². The van der Waals surface area contributed by atoms with E-state index < -0.39 is 33.8 Å². The molecule has 1 atom stereocenters. The molecule has 1 aromatic heterocycles. The molecule has 10 heteroatoms. The summed E-state index contributed by atoms with van der Waals surface area (Å²) in [6, 6.07) is 10.0. The summed E-state index contributed by atoms with van der Waals surface area (Å²) >= 11 is 0. The molecule has 0 saturated carbocycles. The Hall–Kier alpha value is -3.53. The summed E-state index contributed by atoms with van der Waals surface area (Å²) in [4.78, 5) is 28.6. The van der Waals surface area contributed by atoms with Crippen LogP contribution in [0.3, 0.4) is 0 Å². The zero-order valence-corrected chi connectivity index (χ0v) is 20.1. The Morgan fingerprint density at radius 1 is 1.21 bits per heavy atom. The first-order valence-corrected chi connectivity index (χ1v) is 13.4. The number of amides is 2. The van der Waals surface area contributed by atoms with E-state index in [2.05, 4.69) is 10.5 Å². The van der Waals surface area contributed by atoms with Crippen LogP contribution in [0.25, 0.3) is 0 Å². The van der Waals surface area contributed by atoms with Gasteiger partial charge in [-0.1, -0.05) is 6.07 Å². The highest BCUT2D eigenvalue weighted by Crippen LogP contribution is 2.47. The normalized spacial score (nSPS) is 16.0. The predicted molar refractivity (Wildman–Crippen MR) is 127 cm³/mol. The topological polar surface area (TPSA) is 105 Å². The minimum Gasteiger partial charge on any atom is -0.497 e. The first kappa shape index (κ1) is 23.6. The van der Waals surface area contributed by atoms with Crippen LogP contribution in [0.1, 0.15) is 27.7 Å². The van der Waals surface area contributed by atoms with Gasteiger partial charge in [0.15, 0.2) is 0 Å². The number of halogens is 1. The number of ether oxygens (including phenoxy) is 1. The summed E-state index contributed by atoms with van der Waals surface area (Å²) in [6.07, 6.45) is 6.45. The lowest BCUT2D eigenvalue weighted by Gasteiger charge is -2.36. The highest BCUT2D eigenvalue weighted by Gasteiger charge is 2.38. The van der Waals surface area contributed by atoms with Gasteiger partial charge in [0, 0.05) is 17.1 Å². The number of nitrogens with one attached hydrogen (secondary N) is 1. The van der Waals surface area contributed by atoms with Crippen LogP contribution in [0.2, 0.25) is 0 Å². The molecule has 0 radical (unpaired) electrons. The molecular formula is C24H26FN3O5S. The monoisotopic (exact) mass is 487 g/mol. The van der Waals surface area contributed by atoms with Gasteiger partial charge in [-0.15, -0.1) is 0 Å². The first-order valence-electron chi connectivity index (χ1n) is 10.5.